The van der Waals surface area contributed by atoms with Crippen LogP contribution in [0, 0.1) is 5.82 Å². The van der Waals surface area contributed by atoms with Crippen molar-refractivity contribution in [3.05, 3.63) is 36.0 Å². The Balaban J connectivity index is 1.72. The summed E-state index contributed by atoms with van der Waals surface area (Å²) in [4.78, 5) is 4.34. The second-order valence-electron chi connectivity index (χ2n) is 5.33. The summed E-state index contributed by atoms with van der Waals surface area (Å²) in [7, 11) is 0. The van der Waals surface area contributed by atoms with Gasteiger partial charge in [-0.15, -0.1) is 0 Å². The topological polar surface area (TPSA) is 60.2 Å². The molecule has 2 aromatic rings. The Kier molecular flexibility index (Phi) is 3.98. The lowest BCUT2D eigenvalue weighted by molar-refractivity contribution is 0.110. The Morgan fingerprint density at radius 1 is 1.43 bits per heavy atom. The summed E-state index contributed by atoms with van der Waals surface area (Å²) in [6, 6.07) is 6.36. The first kappa shape index (κ1) is 14.2. The van der Waals surface area contributed by atoms with Gasteiger partial charge in [0.05, 0.1) is 12.1 Å². The van der Waals surface area contributed by atoms with E-state index in [2.05, 4.69) is 15.5 Å². The Hall–Kier alpha value is -1.79. The van der Waals surface area contributed by atoms with Crippen LogP contribution >= 0.6 is 0 Å². The molecule has 6 heteroatoms. The van der Waals surface area contributed by atoms with Crippen molar-refractivity contribution in [1.29, 1.82) is 0 Å². The highest BCUT2D eigenvalue weighted by Crippen LogP contribution is 2.21. The van der Waals surface area contributed by atoms with Gasteiger partial charge in [0.2, 0.25) is 11.7 Å². The number of ether oxygens (including phenoxy) is 1. The molecule has 1 aromatic heterocycles. The van der Waals surface area contributed by atoms with E-state index in [9.17, 15) is 4.39 Å². The van der Waals surface area contributed by atoms with Crippen molar-refractivity contribution >= 4 is 0 Å². The highest BCUT2D eigenvalue weighted by molar-refractivity contribution is 5.53. The lowest BCUT2D eigenvalue weighted by Crippen LogP contribution is -2.36. The number of hydrogen-bond acceptors (Lipinski definition) is 5. The number of halogens is 1. The van der Waals surface area contributed by atoms with Crippen molar-refractivity contribution in [2.75, 3.05) is 6.61 Å². The minimum absolute atomic E-state index is 0.0750. The molecular formula is C15H18FN3O2. The number of aromatic nitrogens is 2. The zero-order valence-corrected chi connectivity index (χ0v) is 12.0. The van der Waals surface area contributed by atoms with Crippen LogP contribution in [-0.4, -0.2) is 28.9 Å². The lowest BCUT2D eigenvalue weighted by Gasteiger charge is -2.19. The molecule has 0 radical (unpaired) electrons. The zero-order chi connectivity index (χ0) is 14.8. The molecule has 0 bridgehead atoms. The minimum Gasteiger partial charge on any atom is -0.377 e. The normalized spacial score (nSPS) is 23.4. The van der Waals surface area contributed by atoms with Gasteiger partial charge in [-0.05, 0) is 32.4 Å². The molecule has 21 heavy (non-hydrogen) atoms. The van der Waals surface area contributed by atoms with Crippen LogP contribution in [0.5, 0.6) is 0 Å². The maximum atomic E-state index is 13.2. The number of hydrogen-bond donors (Lipinski definition) is 1. The maximum Gasteiger partial charge on any atom is 0.243 e. The number of nitrogens with one attached hydrogen (secondary N) is 1. The summed E-state index contributed by atoms with van der Waals surface area (Å²) in [5, 5.41) is 7.34. The van der Waals surface area contributed by atoms with Crippen LogP contribution in [0.1, 0.15) is 32.2 Å². The van der Waals surface area contributed by atoms with Gasteiger partial charge in [0, 0.05) is 18.2 Å². The monoisotopic (exact) mass is 291 g/mol. The van der Waals surface area contributed by atoms with E-state index in [1.165, 1.54) is 12.1 Å². The molecule has 1 aliphatic heterocycles. The average Bonchev–Trinajstić information content (AvgIpc) is 3.09. The van der Waals surface area contributed by atoms with Crippen LogP contribution in [-0.2, 0) is 4.74 Å². The van der Waals surface area contributed by atoms with Crippen molar-refractivity contribution in [2.24, 2.45) is 0 Å². The van der Waals surface area contributed by atoms with Crippen molar-refractivity contribution in [1.82, 2.24) is 15.5 Å². The molecule has 5 nitrogen and oxygen atoms in total. The van der Waals surface area contributed by atoms with Gasteiger partial charge >= 0.3 is 0 Å². The fraction of sp³-hybridized carbons (Fsp3) is 0.467. The number of rotatable bonds is 4. The molecule has 3 rings (SSSR count). The molecule has 0 amide bonds. The van der Waals surface area contributed by atoms with Crippen molar-refractivity contribution in [3.63, 3.8) is 0 Å². The van der Waals surface area contributed by atoms with Crippen molar-refractivity contribution in [2.45, 2.75) is 38.5 Å². The van der Waals surface area contributed by atoms with Gasteiger partial charge in [-0.3, -0.25) is 0 Å². The quantitative estimate of drug-likeness (QED) is 0.938. The standard InChI is InChI=1S/C15H18FN3O2/c1-9(17-13-6-7-20-10(13)2)15-18-14(19-21-15)11-4-3-5-12(16)8-11/h3-5,8-10,13,17H,6-7H2,1-2H3/t9-,10+,13-/m0/s1. The molecule has 1 aromatic carbocycles. The van der Waals surface area contributed by atoms with E-state index in [0.717, 1.165) is 13.0 Å². The van der Waals surface area contributed by atoms with E-state index in [-0.39, 0.29) is 24.0 Å². The molecule has 2 heterocycles. The Labute approximate surface area is 122 Å². The van der Waals surface area contributed by atoms with Crippen LogP contribution in [0.4, 0.5) is 4.39 Å². The van der Waals surface area contributed by atoms with Gasteiger partial charge in [-0.25, -0.2) is 4.39 Å². The van der Waals surface area contributed by atoms with E-state index in [0.29, 0.717) is 17.3 Å². The van der Waals surface area contributed by atoms with Crippen LogP contribution in [0.3, 0.4) is 0 Å². The molecule has 1 fully saturated rings. The summed E-state index contributed by atoms with van der Waals surface area (Å²) in [6.45, 7) is 4.78. The highest BCUT2D eigenvalue weighted by Gasteiger charge is 2.27. The van der Waals surface area contributed by atoms with E-state index >= 15 is 0 Å². The van der Waals surface area contributed by atoms with E-state index in [1.54, 1.807) is 12.1 Å². The zero-order valence-electron chi connectivity index (χ0n) is 12.0. The fourth-order valence-corrected chi connectivity index (χ4v) is 2.50. The molecule has 0 unspecified atom stereocenters. The lowest BCUT2D eigenvalue weighted by atomic mass is 10.1. The van der Waals surface area contributed by atoms with E-state index < -0.39 is 0 Å². The largest absolute Gasteiger partial charge is 0.377 e. The third-order valence-corrected chi connectivity index (χ3v) is 3.74. The highest BCUT2D eigenvalue weighted by atomic mass is 19.1. The van der Waals surface area contributed by atoms with Crippen LogP contribution < -0.4 is 5.32 Å². The van der Waals surface area contributed by atoms with Gasteiger partial charge in [-0.1, -0.05) is 17.3 Å². The smallest absolute Gasteiger partial charge is 0.243 e. The number of benzene rings is 1. The first-order valence-electron chi connectivity index (χ1n) is 7.10. The molecule has 0 spiro atoms. The van der Waals surface area contributed by atoms with Crippen molar-refractivity contribution in [3.8, 4) is 11.4 Å². The van der Waals surface area contributed by atoms with Crippen LogP contribution in [0.15, 0.2) is 28.8 Å². The molecule has 0 saturated carbocycles. The molecule has 112 valence electrons. The summed E-state index contributed by atoms with van der Waals surface area (Å²) in [5.41, 5.74) is 0.606. The van der Waals surface area contributed by atoms with Gasteiger partial charge in [-0.2, -0.15) is 4.98 Å². The first-order chi connectivity index (χ1) is 10.1. The Bertz CT molecular complexity index is 616. The molecule has 1 aliphatic rings. The van der Waals surface area contributed by atoms with Crippen LogP contribution in [0.25, 0.3) is 11.4 Å². The Morgan fingerprint density at radius 2 is 2.29 bits per heavy atom. The van der Waals surface area contributed by atoms with Gasteiger partial charge in [0.25, 0.3) is 0 Å². The maximum absolute atomic E-state index is 13.2. The molecule has 1 N–H and O–H groups in total. The summed E-state index contributed by atoms with van der Waals surface area (Å²) in [6.07, 6.45) is 1.15. The Morgan fingerprint density at radius 3 is 3.00 bits per heavy atom. The van der Waals surface area contributed by atoms with E-state index in [4.69, 9.17) is 9.26 Å². The molecule has 1 saturated heterocycles. The SMILES string of the molecule is C[C@H](N[C@H]1CCO[C@@H]1C)c1nc(-c2cccc(F)c2)no1. The second kappa shape index (κ2) is 5.91. The summed E-state index contributed by atoms with van der Waals surface area (Å²) >= 11 is 0. The minimum atomic E-state index is -0.318. The van der Waals surface area contributed by atoms with Crippen molar-refractivity contribution < 1.29 is 13.7 Å². The molecular weight excluding hydrogens is 273 g/mol. The number of nitrogens with zero attached hydrogens (tertiary/aromatic N) is 2. The average molecular weight is 291 g/mol. The summed E-state index contributed by atoms with van der Waals surface area (Å²) in [5.74, 6) is 0.573. The van der Waals surface area contributed by atoms with Gasteiger partial charge in [0.1, 0.15) is 5.82 Å². The summed E-state index contributed by atoms with van der Waals surface area (Å²) < 4.78 is 24.0. The predicted molar refractivity (Wildman–Crippen MR) is 75.1 cm³/mol. The first-order valence-corrected chi connectivity index (χ1v) is 7.10. The predicted octanol–water partition coefficient (Wildman–Crippen LogP) is 2.70. The fourth-order valence-electron chi connectivity index (χ4n) is 2.50. The third kappa shape index (κ3) is 3.11. The second-order valence-corrected chi connectivity index (χ2v) is 5.33. The van der Waals surface area contributed by atoms with Gasteiger partial charge < -0.3 is 14.6 Å². The van der Waals surface area contributed by atoms with Gasteiger partial charge in [0.15, 0.2) is 0 Å². The van der Waals surface area contributed by atoms with E-state index in [1.807, 2.05) is 13.8 Å². The third-order valence-electron chi connectivity index (χ3n) is 3.74. The van der Waals surface area contributed by atoms with Crippen LogP contribution in [0.2, 0.25) is 0 Å². The molecule has 3 atom stereocenters. The molecule has 0 aliphatic carbocycles.